The predicted molar refractivity (Wildman–Crippen MR) is 103 cm³/mol. The van der Waals surface area contributed by atoms with E-state index < -0.39 is 0 Å². The number of anilines is 1. The number of nitrogens with zero attached hydrogens (tertiary/aromatic N) is 2. The van der Waals surface area contributed by atoms with E-state index in [1.807, 2.05) is 29.1 Å². The third-order valence-corrected chi connectivity index (χ3v) is 4.97. The minimum Gasteiger partial charge on any atom is -0.497 e. The van der Waals surface area contributed by atoms with Gasteiger partial charge >= 0.3 is 0 Å². The monoisotopic (exact) mass is 371 g/mol. The number of aryl methyl sites for hydroxylation is 1. The van der Waals surface area contributed by atoms with Crippen LogP contribution in [0.2, 0.25) is 0 Å². The molecule has 0 saturated heterocycles. The van der Waals surface area contributed by atoms with Gasteiger partial charge in [0.1, 0.15) is 16.4 Å². The van der Waals surface area contributed by atoms with Crippen molar-refractivity contribution in [2.45, 2.75) is 19.8 Å². The Morgan fingerprint density at radius 3 is 2.65 bits per heavy atom. The molecule has 136 valence electrons. The predicted octanol–water partition coefficient (Wildman–Crippen LogP) is 4.16. The first-order chi connectivity index (χ1) is 12.7. The van der Waals surface area contributed by atoms with Crippen LogP contribution in [-0.4, -0.2) is 29.7 Å². The molecule has 7 heteroatoms. The fourth-order valence-electron chi connectivity index (χ4n) is 2.58. The number of hydrogen-bond donors (Lipinski definition) is 1. The van der Waals surface area contributed by atoms with Crippen LogP contribution in [0.3, 0.4) is 0 Å². The molecule has 0 spiro atoms. The van der Waals surface area contributed by atoms with Gasteiger partial charge in [-0.15, -0.1) is 0 Å². The second-order valence-corrected chi connectivity index (χ2v) is 6.61. The number of methoxy groups -OCH3 is 2. The average molecular weight is 371 g/mol. The van der Waals surface area contributed by atoms with Crippen molar-refractivity contribution < 1.29 is 14.3 Å². The molecular weight excluding hydrogens is 350 g/mol. The minimum atomic E-state index is -0.187. The van der Waals surface area contributed by atoms with Crippen LogP contribution in [-0.2, 0) is 6.42 Å². The molecule has 1 N–H and O–H groups in total. The van der Waals surface area contributed by atoms with E-state index in [1.165, 1.54) is 11.3 Å². The molecule has 1 amide bonds. The number of aromatic nitrogens is 2. The number of amides is 1. The Labute approximate surface area is 156 Å². The molecule has 6 nitrogen and oxygen atoms in total. The normalized spacial score (nSPS) is 10.6. The summed E-state index contributed by atoms with van der Waals surface area (Å²) in [6.07, 6.45) is 5.51. The Bertz CT molecular complexity index is 888. The third kappa shape index (κ3) is 3.72. The molecule has 0 aliphatic heterocycles. The first kappa shape index (κ1) is 18.0. The summed E-state index contributed by atoms with van der Waals surface area (Å²) in [5, 5.41) is 3.71. The first-order valence-corrected chi connectivity index (χ1v) is 9.14. The van der Waals surface area contributed by atoms with E-state index in [-0.39, 0.29) is 5.91 Å². The van der Waals surface area contributed by atoms with Gasteiger partial charge in [-0.1, -0.05) is 24.7 Å². The first-order valence-electron chi connectivity index (χ1n) is 8.32. The summed E-state index contributed by atoms with van der Waals surface area (Å²) in [4.78, 5) is 18.1. The van der Waals surface area contributed by atoms with Crippen molar-refractivity contribution in [3.8, 4) is 16.6 Å². The molecule has 1 aromatic carbocycles. The van der Waals surface area contributed by atoms with Crippen LogP contribution in [0.4, 0.5) is 5.69 Å². The molecule has 2 heterocycles. The van der Waals surface area contributed by atoms with E-state index in [0.29, 0.717) is 22.1 Å². The molecule has 0 aliphatic rings. The SMILES string of the molecule is CCCc1nc(-n2cccc2)sc1C(=O)Nc1ccc(OC)cc1OC. The lowest BCUT2D eigenvalue weighted by Crippen LogP contribution is -2.13. The van der Waals surface area contributed by atoms with Crippen molar-refractivity contribution in [1.29, 1.82) is 0 Å². The Morgan fingerprint density at radius 1 is 1.23 bits per heavy atom. The molecule has 0 radical (unpaired) electrons. The topological polar surface area (TPSA) is 65.4 Å². The van der Waals surface area contributed by atoms with E-state index in [0.717, 1.165) is 23.7 Å². The molecule has 3 rings (SSSR count). The largest absolute Gasteiger partial charge is 0.497 e. The van der Waals surface area contributed by atoms with E-state index in [1.54, 1.807) is 32.4 Å². The minimum absolute atomic E-state index is 0.187. The van der Waals surface area contributed by atoms with Gasteiger partial charge in [-0.2, -0.15) is 0 Å². The van der Waals surface area contributed by atoms with Crippen molar-refractivity contribution in [3.05, 3.63) is 53.3 Å². The van der Waals surface area contributed by atoms with Gasteiger partial charge in [0.15, 0.2) is 5.13 Å². The maximum atomic E-state index is 12.9. The summed E-state index contributed by atoms with van der Waals surface area (Å²) >= 11 is 1.38. The standard InChI is InChI=1S/C19H21N3O3S/c1-4-7-15-17(26-19(21-15)22-10-5-6-11-22)18(23)20-14-9-8-13(24-2)12-16(14)25-3/h5-6,8-12H,4,7H2,1-3H3,(H,20,23). The Balaban J connectivity index is 1.90. The fourth-order valence-corrected chi connectivity index (χ4v) is 3.55. The van der Waals surface area contributed by atoms with Crippen LogP contribution in [0.25, 0.3) is 5.13 Å². The lowest BCUT2D eigenvalue weighted by molar-refractivity contribution is 0.102. The zero-order chi connectivity index (χ0) is 18.5. The quantitative estimate of drug-likeness (QED) is 0.677. The molecule has 0 fully saturated rings. The maximum absolute atomic E-state index is 12.9. The van der Waals surface area contributed by atoms with Gasteiger partial charge in [0.25, 0.3) is 5.91 Å². The Hall–Kier alpha value is -2.80. The van der Waals surface area contributed by atoms with Gasteiger partial charge in [0.05, 0.1) is 25.6 Å². The Morgan fingerprint density at radius 2 is 2.00 bits per heavy atom. The van der Waals surface area contributed by atoms with E-state index in [2.05, 4.69) is 17.2 Å². The summed E-state index contributed by atoms with van der Waals surface area (Å²) in [7, 11) is 3.15. The fraction of sp³-hybridized carbons (Fsp3) is 0.263. The van der Waals surface area contributed by atoms with E-state index in [9.17, 15) is 4.79 Å². The molecule has 3 aromatic rings. The summed E-state index contributed by atoms with van der Waals surface area (Å²) in [6.45, 7) is 2.07. The number of hydrogen-bond acceptors (Lipinski definition) is 5. The smallest absolute Gasteiger partial charge is 0.267 e. The number of thiazole rings is 1. The zero-order valence-electron chi connectivity index (χ0n) is 15.0. The van der Waals surface area contributed by atoms with Gasteiger partial charge in [-0.05, 0) is 30.7 Å². The second kappa shape index (κ2) is 8.05. The average Bonchev–Trinajstić information content (AvgIpc) is 3.32. The van der Waals surface area contributed by atoms with Crippen LogP contribution in [0.15, 0.2) is 42.7 Å². The van der Waals surface area contributed by atoms with Crippen molar-refractivity contribution in [1.82, 2.24) is 9.55 Å². The van der Waals surface area contributed by atoms with Gasteiger partial charge in [-0.3, -0.25) is 4.79 Å². The number of ether oxygens (including phenoxy) is 2. The third-order valence-electron chi connectivity index (χ3n) is 3.86. The van der Waals surface area contributed by atoms with Crippen LogP contribution >= 0.6 is 11.3 Å². The van der Waals surface area contributed by atoms with Crippen LogP contribution in [0.5, 0.6) is 11.5 Å². The number of rotatable bonds is 7. The molecule has 0 saturated carbocycles. The number of carbonyl (C=O) groups is 1. The summed E-state index contributed by atoms with van der Waals surface area (Å²) in [5.41, 5.74) is 1.41. The molecule has 0 aliphatic carbocycles. The maximum Gasteiger partial charge on any atom is 0.267 e. The number of carbonyl (C=O) groups excluding carboxylic acids is 1. The lowest BCUT2D eigenvalue weighted by atomic mass is 10.2. The molecule has 0 unspecified atom stereocenters. The van der Waals surface area contributed by atoms with Gasteiger partial charge < -0.3 is 19.4 Å². The molecule has 0 bridgehead atoms. The highest BCUT2D eigenvalue weighted by atomic mass is 32.1. The Kier molecular flexibility index (Phi) is 5.58. The van der Waals surface area contributed by atoms with Gasteiger partial charge in [-0.25, -0.2) is 4.98 Å². The number of benzene rings is 1. The zero-order valence-corrected chi connectivity index (χ0v) is 15.8. The van der Waals surface area contributed by atoms with E-state index >= 15 is 0 Å². The van der Waals surface area contributed by atoms with Gasteiger partial charge in [0, 0.05) is 18.5 Å². The summed E-state index contributed by atoms with van der Waals surface area (Å²) < 4.78 is 12.5. The van der Waals surface area contributed by atoms with Gasteiger partial charge in [0.2, 0.25) is 0 Å². The van der Waals surface area contributed by atoms with Crippen LogP contribution < -0.4 is 14.8 Å². The molecule has 0 atom stereocenters. The van der Waals surface area contributed by atoms with Crippen LogP contribution in [0.1, 0.15) is 28.7 Å². The lowest BCUT2D eigenvalue weighted by Gasteiger charge is -2.11. The van der Waals surface area contributed by atoms with Crippen molar-refractivity contribution >= 4 is 22.9 Å². The van der Waals surface area contributed by atoms with E-state index in [4.69, 9.17) is 9.47 Å². The highest BCUT2D eigenvalue weighted by Gasteiger charge is 2.19. The summed E-state index contributed by atoms with van der Waals surface area (Å²) in [6, 6.07) is 9.15. The van der Waals surface area contributed by atoms with Crippen LogP contribution in [0, 0.1) is 0 Å². The molecular formula is C19H21N3O3S. The second-order valence-electron chi connectivity index (χ2n) is 5.63. The summed E-state index contributed by atoms with van der Waals surface area (Å²) in [5.74, 6) is 1.02. The number of nitrogens with one attached hydrogen (secondary N) is 1. The molecule has 26 heavy (non-hydrogen) atoms. The molecule has 2 aromatic heterocycles. The highest BCUT2D eigenvalue weighted by Crippen LogP contribution is 2.31. The van der Waals surface area contributed by atoms with Crippen molar-refractivity contribution in [2.75, 3.05) is 19.5 Å². The van der Waals surface area contributed by atoms with Crippen molar-refractivity contribution in [2.24, 2.45) is 0 Å². The van der Waals surface area contributed by atoms with Crippen molar-refractivity contribution in [3.63, 3.8) is 0 Å². The highest BCUT2D eigenvalue weighted by molar-refractivity contribution is 7.16.